The van der Waals surface area contributed by atoms with Crippen molar-refractivity contribution in [2.75, 3.05) is 19.5 Å². The fraction of sp³-hybridized carbons (Fsp3) is 0.235. The number of halogens is 1. The number of aryl methyl sites for hydroxylation is 2. The van der Waals surface area contributed by atoms with Crippen LogP contribution in [0.15, 0.2) is 30.3 Å². The monoisotopic (exact) mass is 319 g/mol. The Morgan fingerprint density at radius 2 is 1.55 bits per heavy atom. The standard InChI is InChI=1S/C17H18ClNO3/c1-10-5-11(2)7-12(6-10)17(20)19-14-8-13(18)15(21-3)9-16(14)22-4/h5-9H,1-4H3,(H,19,20). The number of amides is 1. The van der Waals surface area contributed by atoms with Gasteiger partial charge in [0.1, 0.15) is 11.5 Å². The summed E-state index contributed by atoms with van der Waals surface area (Å²) < 4.78 is 10.4. The van der Waals surface area contributed by atoms with Crippen molar-refractivity contribution < 1.29 is 14.3 Å². The predicted molar refractivity (Wildman–Crippen MR) is 88.4 cm³/mol. The van der Waals surface area contributed by atoms with Gasteiger partial charge < -0.3 is 14.8 Å². The summed E-state index contributed by atoms with van der Waals surface area (Å²) in [6, 6.07) is 8.93. The molecule has 0 atom stereocenters. The summed E-state index contributed by atoms with van der Waals surface area (Å²) >= 11 is 6.11. The molecular weight excluding hydrogens is 302 g/mol. The maximum absolute atomic E-state index is 12.4. The van der Waals surface area contributed by atoms with Crippen molar-refractivity contribution in [1.29, 1.82) is 0 Å². The van der Waals surface area contributed by atoms with Crippen molar-refractivity contribution in [3.8, 4) is 11.5 Å². The Morgan fingerprint density at radius 3 is 2.09 bits per heavy atom. The molecule has 0 aliphatic carbocycles. The summed E-state index contributed by atoms with van der Waals surface area (Å²) in [5.74, 6) is 0.758. The van der Waals surface area contributed by atoms with Gasteiger partial charge in [0.25, 0.3) is 5.91 Å². The van der Waals surface area contributed by atoms with Crippen molar-refractivity contribution in [1.82, 2.24) is 0 Å². The van der Waals surface area contributed by atoms with E-state index in [-0.39, 0.29) is 5.91 Å². The van der Waals surface area contributed by atoms with Crippen molar-refractivity contribution in [3.63, 3.8) is 0 Å². The lowest BCUT2D eigenvalue weighted by Gasteiger charge is -2.13. The number of anilines is 1. The Balaban J connectivity index is 2.33. The lowest BCUT2D eigenvalue weighted by molar-refractivity contribution is 0.102. The third-order valence-corrected chi connectivity index (χ3v) is 3.50. The zero-order valence-electron chi connectivity index (χ0n) is 13.0. The third-order valence-electron chi connectivity index (χ3n) is 3.21. The van der Waals surface area contributed by atoms with Crippen LogP contribution < -0.4 is 14.8 Å². The minimum Gasteiger partial charge on any atom is -0.495 e. The fourth-order valence-corrected chi connectivity index (χ4v) is 2.50. The predicted octanol–water partition coefficient (Wildman–Crippen LogP) is 4.23. The molecule has 0 fully saturated rings. The van der Waals surface area contributed by atoms with Gasteiger partial charge in [0.05, 0.1) is 24.9 Å². The number of methoxy groups -OCH3 is 2. The van der Waals surface area contributed by atoms with Crippen molar-refractivity contribution in [3.05, 3.63) is 52.0 Å². The van der Waals surface area contributed by atoms with E-state index >= 15 is 0 Å². The molecule has 5 heteroatoms. The summed E-state index contributed by atoms with van der Waals surface area (Å²) in [7, 11) is 3.05. The van der Waals surface area contributed by atoms with Crippen LogP contribution in [0.5, 0.6) is 11.5 Å². The molecule has 0 bridgehead atoms. The van der Waals surface area contributed by atoms with Crippen LogP contribution in [0, 0.1) is 13.8 Å². The lowest BCUT2D eigenvalue weighted by Crippen LogP contribution is -2.13. The van der Waals surface area contributed by atoms with Crippen molar-refractivity contribution >= 4 is 23.2 Å². The second kappa shape index (κ2) is 6.71. The highest BCUT2D eigenvalue weighted by Crippen LogP contribution is 2.36. The van der Waals surface area contributed by atoms with E-state index < -0.39 is 0 Å². The smallest absolute Gasteiger partial charge is 0.255 e. The number of ether oxygens (including phenoxy) is 2. The third kappa shape index (κ3) is 3.52. The molecule has 2 aromatic carbocycles. The Labute approximate surface area is 135 Å². The normalized spacial score (nSPS) is 10.2. The second-order valence-corrected chi connectivity index (χ2v) is 5.42. The first-order valence-electron chi connectivity index (χ1n) is 6.75. The van der Waals surface area contributed by atoms with Crippen molar-refractivity contribution in [2.45, 2.75) is 13.8 Å². The number of rotatable bonds is 4. The van der Waals surface area contributed by atoms with Gasteiger partial charge in [-0.25, -0.2) is 0 Å². The average molecular weight is 320 g/mol. The lowest BCUT2D eigenvalue weighted by atomic mass is 10.1. The molecule has 116 valence electrons. The quantitative estimate of drug-likeness (QED) is 0.917. The molecule has 0 aliphatic heterocycles. The molecule has 2 aromatic rings. The van der Waals surface area contributed by atoms with Crippen LogP contribution in [0.25, 0.3) is 0 Å². The highest BCUT2D eigenvalue weighted by Gasteiger charge is 2.14. The van der Waals surface area contributed by atoms with E-state index in [0.717, 1.165) is 11.1 Å². The van der Waals surface area contributed by atoms with Gasteiger partial charge in [-0.15, -0.1) is 0 Å². The summed E-state index contributed by atoms with van der Waals surface area (Å²) in [6.45, 7) is 3.91. The maximum atomic E-state index is 12.4. The van der Waals surface area contributed by atoms with Crippen LogP contribution in [0.2, 0.25) is 5.02 Å². The first-order valence-corrected chi connectivity index (χ1v) is 7.13. The molecule has 0 radical (unpaired) electrons. The molecule has 1 amide bonds. The Bertz CT molecular complexity index is 693. The summed E-state index contributed by atoms with van der Waals surface area (Å²) in [5.41, 5.74) is 3.15. The van der Waals surface area contributed by atoms with Gasteiger partial charge in [0, 0.05) is 11.6 Å². The van der Waals surface area contributed by atoms with Crippen LogP contribution in [0.4, 0.5) is 5.69 Å². The molecule has 0 spiro atoms. The Morgan fingerprint density at radius 1 is 0.955 bits per heavy atom. The Kier molecular flexibility index (Phi) is 4.93. The molecule has 22 heavy (non-hydrogen) atoms. The van der Waals surface area contributed by atoms with Crippen LogP contribution in [-0.4, -0.2) is 20.1 Å². The van der Waals surface area contributed by atoms with Gasteiger partial charge in [0.15, 0.2) is 0 Å². The first-order chi connectivity index (χ1) is 10.4. The van der Waals surface area contributed by atoms with Gasteiger partial charge in [-0.3, -0.25) is 4.79 Å². The van der Waals surface area contributed by atoms with Crippen molar-refractivity contribution in [2.24, 2.45) is 0 Å². The minimum absolute atomic E-state index is 0.216. The SMILES string of the molecule is COc1cc(OC)c(NC(=O)c2cc(C)cc(C)c2)cc1Cl. The summed E-state index contributed by atoms with van der Waals surface area (Å²) in [4.78, 5) is 12.4. The molecule has 0 aromatic heterocycles. The minimum atomic E-state index is -0.216. The summed E-state index contributed by atoms with van der Waals surface area (Å²) in [6.07, 6.45) is 0. The highest BCUT2D eigenvalue weighted by atomic mass is 35.5. The number of carbonyl (C=O) groups excluding carboxylic acids is 1. The highest BCUT2D eigenvalue weighted by molar-refractivity contribution is 6.32. The van der Waals surface area contributed by atoms with Gasteiger partial charge in [-0.1, -0.05) is 28.8 Å². The second-order valence-electron chi connectivity index (χ2n) is 5.02. The average Bonchev–Trinajstić information content (AvgIpc) is 2.46. The summed E-state index contributed by atoms with van der Waals surface area (Å²) in [5, 5.41) is 3.22. The maximum Gasteiger partial charge on any atom is 0.255 e. The van der Waals surface area contributed by atoms with E-state index in [2.05, 4.69) is 5.32 Å². The largest absolute Gasteiger partial charge is 0.495 e. The van der Waals surface area contributed by atoms with Crippen LogP contribution in [-0.2, 0) is 0 Å². The number of nitrogens with one attached hydrogen (secondary N) is 1. The molecule has 1 N–H and O–H groups in total. The molecule has 0 unspecified atom stereocenters. The Hall–Kier alpha value is -2.20. The van der Waals surface area contributed by atoms with Crippen LogP contribution in [0.3, 0.4) is 0 Å². The fourth-order valence-electron chi connectivity index (χ4n) is 2.26. The molecule has 4 nitrogen and oxygen atoms in total. The number of benzene rings is 2. The van der Waals surface area contributed by atoms with Gasteiger partial charge in [-0.05, 0) is 32.0 Å². The molecule has 0 heterocycles. The van der Waals surface area contributed by atoms with Gasteiger partial charge in [-0.2, -0.15) is 0 Å². The molecule has 0 saturated heterocycles. The molecule has 2 rings (SSSR count). The number of carbonyl (C=O) groups is 1. The van der Waals surface area contributed by atoms with E-state index in [4.69, 9.17) is 21.1 Å². The van der Waals surface area contributed by atoms with Crippen LogP contribution >= 0.6 is 11.6 Å². The zero-order valence-corrected chi connectivity index (χ0v) is 13.7. The zero-order chi connectivity index (χ0) is 16.3. The molecular formula is C17H18ClNO3. The molecule has 0 aliphatic rings. The first kappa shape index (κ1) is 16.2. The topological polar surface area (TPSA) is 47.6 Å². The number of hydrogen-bond donors (Lipinski definition) is 1. The van der Waals surface area contributed by atoms with Gasteiger partial charge in [0.2, 0.25) is 0 Å². The van der Waals surface area contributed by atoms with E-state index in [0.29, 0.717) is 27.8 Å². The van der Waals surface area contributed by atoms with Gasteiger partial charge >= 0.3 is 0 Å². The van der Waals surface area contributed by atoms with E-state index in [1.807, 2.05) is 32.0 Å². The van der Waals surface area contributed by atoms with Crippen LogP contribution in [0.1, 0.15) is 21.5 Å². The molecule has 0 saturated carbocycles. The van der Waals surface area contributed by atoms with E-state index in [1.165, 1.54) is 14.2 Å². The van der Waals surface area contributed by atoms with E-state index in [1.54, 1.807) is 12.1 Å². The van der Waals surface area contributed by atoms with E-state index in [9.17, 15) is 4.79 Å². The number of hydrogen-bond acceptors (Lipinski definition) is 3.